The van der Waals surface area contributed by atoms with Crippen LogP contribution in [0.1, 0.15) is 52.9 Å². The lowest BCUT2D eigenvalue weighted by Gasteiger charge is -2.51. The van der Waals surface area contributed by atoms with Gasteiger partial charge in [0.2, 0.25) is 5.91 Å². The Morgan fingerprint density at radius 1 is 1.25 bits per heavy atom. The van der Waals surface area contributed by atoms with Gasteiger partial charge < -0.3 is 5.32 Å². The first-order valence-electron chi connectivity index (χ1n) is 6.62. The third kappa shape index (κ3) is 2.40. The van der Waals surface area contributed by atoms with Crippen molar-refractivity contribution in [2.24, 2.45) is 0 Å². The molecule has 2 fully saturated rings. The van der Waals surface area contributed by atoms with Gasteiger partial charge >= 0.3 is 0 Å². The highest BCUT2D eigenvalue weighted by atomic mass is 16.1. The summed E-state index contributed by atoms with van der Waals surface area (Å²) in [5.41, 5.74) is 0. The Kier molecular flexibility index (Phi) is 3.53. The molecule has 0 saturated carbocycles. The molecule has 2 bridgehead atoms. The molecule has 2 heterocycles. The van der Waals surface area contributed by atoms with Gasteiger partial charge in [-0.2, -0.15) is 0 Å². The molecule has 0 radical (unpaired) electrons. The van der Waals surface area contributed by atoms with Gasteiger partial charge in [-0.25, -0.2) is 0 Å². The van der Waals surface area contributed by atoms with Crippen LogP contribution in [0.3, 0.4) is 0 Å². The highest BCUT2D eigenvalue weighted by Gasteiger charge is 2.39. The number of amides is 1. The number of nitrogens with one attached hydrogen (secondary N) is 1. The Hall–Kier alpha value is -0.570. The first kappa shape index (κ1) is 11.9. The average molecular weight is 224 g/mol. The largest absolute Gasteiger partial charge is 0.353 e. The van der Waals surface area contributed by atoms with Crippen molar-refractivity contribution < 1.29 is 4.79 Å². The van der Waals surface area contributed by atoms with E-state index in [4.69, 9.17) is 0 Å². The van der Waals surface area contributed by atoms with E-state index >= 15 is 0 Å². The van der Waals surface area contributed by atoms with Crippen LogP contribution in [0.4, 0.5) is 0 Å². The Labute approximate surface area is 98.6 Å². The van der Waals surface area contributed by atoms with Crippen LogP contribution in [0.2, 0.25) is 0 Å². The summed E-state index contributed by atoms with van der Waals surface area (Å²) in [7, 11) is 0. The van der Waals surface area contributed by atoms with E-state index in [1.807, 2.05) is 0 Å². The van der Waals surface area contributed by atoms with E-state index in [1.54, 1.807) is 6.92 Å². The van der Waals surface area contributed by atoms with Crippen LogP contribution < -0.4 is 5.32 Å². The molecule has 0 unspecified atom stereocenters. The minimum atomic E-state index is 0.126. The molecule has 2 rings (SSSR count). The number of rotatable bonds is 2. The molecular formula is C13H24N2O. The minimum Gasteiger partial charge on any atom is -0.353 e. The molecule has 0 aliphatic carbocycles. The van der Waals surface area contributed by atoms with E-state index < -0.39 is 0 Å². The monoisotopic (exact) mass is 224 g/mol. The maximum absolute atomic E-state index is 11.1. The second-order valence-corrected chi connectivity index (χ2v) is 5.65. The van der Waals surface area contributed by atoms with Crippen molar-refractivity contribution >= 4 is 5.91 Å². The van der Waals surface area contributed by atoms with E-state index in [0.29, 0.717) is 24.2 Å². The highest BCUT2D eigenvalue weighted by molar-refractivity contribution is 5.73. The van der Waals surface area contributed by atoms with Crippen LogP contribution in [0, 0.1) is 0 Å². The predicted molar refractivity (Wildman–Crippen MR) is 65.2 cm³/mol. The van der Waals surface area contributed by atoms with Crippen LogP contribution >= 0.6 is 0 Å². The second kappa shape index (κ2) is 4.74. The number of nitrogens with zero attached hydrogens (tertiary/aromatic N) is 1. The van der Waals surface area contributed by atoms with E-state index in [2.05, 4.69) is 24.1 Å². The quantitative estimate of drug-likeness (QED) is 0.777. The Balaban J connectivity index is 2.02. The summed E-state index contributed by atoms with van der Waals surface area (Å²) in [6.07, 6.45) is 6.28. The lowest BCUT2D eigenvalue weighted by Crippen LogP contribution is -2.58. The van der Waals surface area contributed by atoms with Crippen molar-refractivity contribution in [2.45, 2.75) is 77.0 Å². The normalized spacial score (nSPS) is 35.1. The Morgan fingerprint density at radius 3 is 2.25 bits per heavy atom. The topological polar surface area (TPSA) is 32.3 Å². The first-order valence-corrected chi connectivity index (χ1v) is 6.62. The van der Waals surface area contributed by atoms with E-state index in [0.717, 1.165) is 12.8 Å². The van der Waals surface area contributed by atoms with Crippen molar-refractivity contribution in [1.29, 1.82) is 0 Å². The van der Waals surface area contributed by atoms with Crippen molar-refractivity contribution in [3.8, 4) is 0 Å². The number of fused-ring (bicyclic) bond motifs is 2. The van der Waals surface area contributed by atoms with Gasteiger partial charge in [-0.1, -0.05) is 6.42 Å². The molecule has 92 valence electrons. The zero-order chi connectivity index (χ0) is 11.7. The summed E-state index contributed by atoms with van der Waals surface area (Å²) in [5, 5.41) is 3.10. The van der Waals surface area contributed by atoms with Gasteiger partial charge in [-0.05, 0) is 39.5 Å². The molecule has 0 aromatic heterocycles. The average Bonchev–Trinajstić information content (AvgIpc) is 2.14. The lowest BCUT2D eigenvalue weighted by molar-refractivity contribution is -0.120. The fourth-order valence-corrected chi connectivity index (χ4v) is 3.67. The zero-order valence-corrected chi connectivity index (χ0v) is 10.7. The lowest BCUT2D eigenvalue weighted by atomic mass is 9.81. The fraction of sp³-hybridized carbons (Fsp3) is 0.923. The maximum Gasteiger partial charge on any atom is 0.217 e. The van der Waals surface area contributed by atoms with Gasteiger partial charge in [0, 0.05) is 31.1 Å². The van der Waals surface area contributed by atoms with Crippen LogP contribution in [-0.2, 0) is 4.79 Å². The molecular weight excluding hydrogens is 200 g/mol. The van der Waals surface area contributed by atoms with Gasteiger partial charge in [0.1, 0.15) is 0 Å². The van der Waals surface area contributed by atoms with Gasteiger partial charge in [-0.15, -0.1) is 0 Å². The van der Waals surface area contributed by atoms with Gasteiger partial charge in [-0.3, -0.25) is 9.69 Å². The maximum atomic E-state index is 11.1. The second-order valence-electron chi connectivity index (χ2n) is 5.65. The van der Waals surface area contributed by atoms with E-state index in [-0.39, 0.29) is 5.91 Å². The molecule has 16 heavy (non-hydrogen) atoms. The molecule has 0 spiro atoms. The summed E-state index contributed by atoms with van der Waals surface area (Å²) in [5.74, 6) is 0.126. The third-order valence-corrected chi connectivity index (χ3v) is 4.03. The number of hydrogen-bond acceptors (Lipinski definition) is 2. The zero-order valence-electron chi connectivity index (χ0n) is 10.7. The number of hydrogen-bond donors (Lipinski definition) is 1. The summed E-state index contributed by atoms with van der Waals surface area (Å²) >= 11 is 0. The molecule has 2 saturated heterocycles. The molecule has 2 aliphatic heterocycles. The van der Waals surface area contributed by atoms with E-state index in [1.165, 1.54) is 19.3 Å². The van der Waals surface area contributed by atoms with Gasteiger partial charge in [0.25, 0.3) is 0 Å². The van der Waals surface area contributed by atoms with Crippen molar-refractivity contribution in [1.82, 2.24) is 10.2 Å². The Bertz CT molecular complexity index is 251. The molecule has 3 nitrogen and oxygen atoms in total. The number of piperidine rings is 2. The summed E-state index contributed by atoms with van der Waals surface area (Å²) < 4.78 is 0. The fourth-order valence-electron chi connectivity index (χ4n) is 3.67. The molecule has 0 aromatic rings. The van der Waals surface area contributed by atoms with Crippen molar-refractivity contribution in [2.75, 3.05) is 0 Å². The van der Waals surface area contributed by atoms with Crippen molar-refractivity contribution in [3.63, 3.8) is 0 Å². The Morgan fingerprint density at radius 2 is 1.81 bits per heavy atom. The number of carbonyl (C=O) groups excluding carboxylic acids is 1. The van der Waals surface area contributed by atoms with E-state index in [9.17, 15) is 4.79 Å². The molecule has 3 heteroatoms. The summed E-state index contributed by atoms with van der Waals surface area (Å²) in [6, 6.07) is 2.46. The van der Waals surface area contributed by atoms with Crippen LogP contribution in [0.5, 0.6) is 0 Å². The van der Waals surface area contributed by atoms with Crippen LogP contribution in [0.25, 0.3) is 0 Å². The molecule has 1 N–H and O–H groups in total. The van der Waals surface area contributed by atoms with Crippen LogP contribution in [0.15, 0.2) is 0 Å². The molecule has 3 atom stereocenters. The SMILES string of the molecule is CC(=O)N[C@@H]1C[C@H]2CCC[C@@H](C1)N2C(C)C. The standard InChI is InChI=1S/C13H24N2O/c1-9(2)15-12-5-4-6-13(15)8-11(7-12)14-10(3)16/h9,11-13H,4-8H2,1-3H3,(H,14,16)/t11-,12-,13+. The molecule has 2 aliphatic rings. The summed E-state index contributed by atoms with van der Waals surface area (Å²) in [6.45, 7) is 6.22. The summed E-state index contributed by atoms with van der Waals surface area (Å²) in [4.78, 5) is 13.8. The van der Waals surface area contributed by atoms with Crippen molar-refractivity contribution in [3.05, 3.63) is 0 Å². The predicted octanol–water partition coefficient (Wildman–Crippen LogP) is 1.92. The first-order chi connectivity index (χ1) is 7.58. The van der Waals surface area contributed by atoms with Gasteiger partial charge in [0.05, 0.1) is 0 Å². The number of carbonyl (C=O) groups is 1. The van der Waals surface area contributed by atoms with Crippen LogP contribution in [-0.4, -0.2) is 35.0 Å². The minimum absolute atomic E-state index is 0.126. The highest BCUT2D eigenvalue weighted by Crippen LogP contribution is 2.35. The smallest absolute Gasteiger partial charge is 0.217 e. The molecule has 1 amide bonds. The molecule has 0 aromatic carbocycles. The van der Waals surface area contributed by atoms with Gasteiger partial charge in [0.15, 0.2) is 0 Å². The third-order valence-electron chi connectivity index (χ3n) is 4.03.